The molecule has 0 spiro atoms. The average Bonchev–Trinajstić information content (AvgIpc) is 3.03. The Labute approximate surface area is 137 Å². The van der Waals surface area contributed by atoms with Crippen molar-refractivity contribution in [1.82, 2.24) is 15.2 Å². The molecule has 0 aliphatic heterocycles. The molecule has 0 fully saturated rings. The van der Waals surface area contributed by atoms with Crippen molar-refractivity contribution in [3.63, 3.8) is 0 Å². The number of aromatic amines is 1. The highest BCUT2D eigenvalue weighted by molar-refractivity contribution is 6.31. The Morgan fingerprint density at radius 3 is 2.87 bits per heavy atom. The summed E-state index contributed by atoms with van der Waals surface area (Å²) in [5.74, 6) is 1.31. The summed E-state index contributed by atoms with van der Waals surface area (Å²) < 4.78 is 18.9. The third kappa shape index (κ3) is 3.43. The second kappa shape index (κ2) is 6.66. The summed E-state index contributed by atoms with van der Waals surface area (Å²) in [7, 11) is 1.60. The fourth-order valence-corrected chi connectivity index (χ4v) is 2.34. The Morgan fingerprint density at radius 1 is 1.26 bits per heavy atom. The van der Waals surface area contributed by atoms with Crippen LogP contribution in [0.1, 0.15) is 5.56 Å². The number of anilines is 1. The van der Waals surface area contributed by atoms with E-state index < -0.39 is 0 Å². The van der Waals surface area contributed by atoms with Crippen molar-refractivity contribution in [2.75, 3.05) is 12.4 Å². The van der Waals surface area contributed by atoms with E-state index in [4.69, 9.17) is 16.3 Å². The number of ether oxygens (including phenoxy) is 1. The molecule has 0 atom stereocenters. The van der Waals surface area contributed by atoms with Gasteiger partial charge in [0.1, 0.15) is 11.6 Å². The maximum atomic E-state index is 13.7. The molecule has 3 rings (SSSR count). The van der Waals surface area contributed by atoms with E-state index in [1.54, 1.807) is 19.2 Å². The van der Waals surface area contributed by atoms with Crippen LogP contribution in [0.5, 0.6) is 5.75 Å². The Kier molecular flexibility index (Phi) is 4.43. The van der Waals surface area contributed by atoms with Crippen LogP contribution in [-0.2, 0) is 6.54 Å². The van der Waals surface area contributed by atoms with E-state index in [2.05, 4.69) is 20.5 Å². The maximum absolute atomic E-state index is 13.7. The summed E-state index contributed by atoms with van der Waals surface area (Å²) in [6, 6.07) is 12.0. The number of nitrogens with one attached hydrogen (secondary N) is 2. The molecule has 0 saturated heterocycles. The van der Waals surface area contributed by atoms with Crippen molar-refractivity contribution in [3.8, 4) is 17.1 Å². The first-order chi connectivity index (χ1) is 11.2. The maximum Gasteiger partial charge on any atom is 0.242 e. The fourth-order valence-electron chi connectivity index (χ4n) is 2.11. The first-order valence-electron chi connectivity index (χ1n) is 6.91. The first-order valence-corrected chi connectivity index (χ1v) is 7.29. The van der Waals surface area contributed by atoms with E-state index in [9.17, 15) is 4.39 Å². The average molecular weight is 333 g/mol. The Balaban J connectivity index is 1.75. The van der Waals surface area contributed by atoms with Gasteiger partial charge in [0.15, 0.2) is 5.82 Å². The van der Waals surface area contributed by atoms with Crippen molar-refractivity contribution in [2.45, 2.75) is 6.54 Å². The van der Waals surface area contributed by atoms with Crippen LogP contribution in [0, 0.1) is 5.82 Å². The molecule has 0 radical (unpaired) electrons. The van der Waals surface area contributed by atoms with Gasteiger partial charge in [-0.05, 0) is 24.3 Å². The molecule has 2 N–H and O–H groups in total. The van der Waals surface area contributed by atoms with Crippen molar-refractivity contribution >= 4 is 17.5 Å². The lowest BCUT2D eigenvalue weighted by Gasteiger charge is -2.05. The Hall–Kier alpha value is -2.60. The van der Waals surface area contributed by atoms with E-state index in [1.807, 2.05) is 24.3 Å². The van der Waals surface area contributed by atoms with Crippen molar-refractivity contribution in [1.29, 1.82) is 0 Å². The van der Waals surface area contributed by atoms with Crippen LogP contribution in [0.4, 0.5) is 10.3 Å². The molecule has 0 aliphatic rings. The van der Waals surface area contributed by atoms with Gasteiger partial charge in [0, 0.05) is 22.7 Å². The molecule has 23 heavy (non-hydrogen) atoms. The van der Waals surface area contributed by atoms with Crippen LogP contribution in [0.3, 0.4) is 0 Å². The van der Waals surface area contributed by atoms with Crippen molar-refractivity contribution in [2.24, 2.45) is 0 Å². The Bertz CT molecular complexity index is 801. The number of aromatic nitrogens is 3. The van der Waals surface area contributed by atoms with Crippen molar-refractivity contribution < 1.29 is 9.13 Å². The molecule has 0 saturated carbocycles. The number of hydrogen-bond donors (Lipinski definition) is 2. The second-order valence-electron chi connectivity index (χ2n) is 4.79. The lowest BCUT2D eigenvalue weighted by molar-refractivity contribution is 0.415. The third-order valence-corrected chi connectivity index (χ3v) is 3.67. The molecule has 1 heterocycles. The monoisotopic (exact) mass is 332 g/mol. The van der Waals surface area contributed by atoms with Gasteiger partial charge in [-0.3, -0.25) is 5.10 Å². The fraction of sp³-hybridized carbons (Fsp3) is 0.125. The third-order valence-electron chi connectivity index (χ3n) is 3.31. The molecule has 0 aliphatic carbocycles. The zero-order valence-corrected chi connectivity index (χ0v) is 13.1. The van der Waals surface area contributed by atoms with Gasteiger partial charge in [0.2, 0.25) is 5.95 Å². The summed E-state index contributed by atoms with van der Waals surface area (Å²) in [6.45, 7) is 0.195. The number of hydrogen-bond acceptors (Lipinski definition) is 4. The predicted molar refractivity (Wildman–Crippen MR) is 87.1 cm³/mol. The highest BCUT2D eigenvalue weighted by atomic mass is 35.5. The molecule has 0 bridgehead atoms. The number of rotatable bonds is 5. The standard InChI is InChI=1S/C16H14ClFN4O/c1-23-11-5-2-4-10(8-11)15-20-16(22-21-15)19-9-12-13(17)6-3-7-14(12)18/h2-8H,9H2,1H3,(H2,19,20,21,22). The van der Waals surface area contributed by atoms with Crippen LogP contribution in [0.25, 0.3) is 11.4 Å². The zero-order chi connectivity index (χ0) is 16.2. The number of halogens is 2. The summed E-state index contributed by atoms with van der Waals surface area (Å²) >= 11 is 5.99. The zero-order valence-electron chi connectivity index (χ0n) is 12.3. The molecule has 0 amide bonds. The number of nitrogens with zero attached hydrogens (tertiary/aromatic N) is 2. The smallest absolute Gasteiger partial charge is 0.242 e. The van der Waals surface area contributed by atoms with Crippen LogP contribution >= 0.6 is 11.6 Å². The highest BCUT2D eigenvalue weighted by Crippen LogP contribution is 2.22. The van der Waals surface area contributed by atoms with Gasteiger partial charge in [-0.25, -0.2) is 4.39 Å². The number of methoxy groups -OCH3 is 1. The summed E-state index contributed by atoms with van der Waals surface area (Å²) in [5.41, 5.74) is 1.22. The molecular formula is C16H14ClFN4O. The molecule has 1 aromatic heterocycles. The normalized spacial score (nSPS) is 10.6. The minimum atomic E-state index is -0.367. The van der Waals surface area contributed by atoms with Gasteiger partial charge >= 0.3 is 0 Å². The lowest BCUT2D eigenvalue weighted by Crippen LogP contribution is -2.03. The summed E-state index contributed by atoms with van der Waals surface area (Å²) in [6.07, 6.45) is 0. The van der Waals surface area contributed by atoms with E-state index in [0.29, 0.717) is 22.4 Å². The van der Waals surface area contributed by atoms with Gasteiger partial charge in [0.25, 0.3) is 0 Å². The lowest BCUT2D eigenvalue weighted by atomic mass is 10.2. The minimum Gasteiger partial charge on any atom is -0.497 e. The SMILES string of the molecule is COc1cccc(-c2nc(NCc3c(F)cccc3Cl)n[nH]2)c1. The molecule has 2 aromatic carbocycles. The summed E-state index contributed by atoms with van der Waals surface area (Å²) in [4.78, 5) is 4.33. The largest absolute Gasteiger partial charge is 0.497 e. The molecule has 5 nitrogen and oxygen atoms in total. The Morgan fingerprint density at radius 2 is 2.09 bits per heavy atom. The van der Waals surface area contributed by atoms with Crippen LogP contribution in [0.15, 0.2) is 42.5 Å². The number of H-pyrrole nitrogens is 1. The topological polar surface area (TPSA) is 62.8 Å². The molecule has 3 aromatic rings. The van der Waals surface area contributed by atoms with Crippen LogP contribution < -0.4 is 10.1 Å². The van der Waals surface area contributed by atoms with Crippen LogP contribution in [0.2, 0.25) is 5.02 Å². The minimum absolute atomic E-state index is 0.195. The predicted octanol–water partition coefficient (Wildman–Crippen LogP) is 3.88. The first kappa shape index (κ1) is 15.3. The van der Waals surface area contributed by atoms with E-state index >= 15 is 0 Å². The van der Waals surface area contributed by atoms with E-state index in [-0.39, 0.29) is 12.4 Å². The van der Waals surface area contributed by atoms with Gasteiger partial charge in [0.05, 0.1) is 7.11 Å². The molecular weight excluding hydrogens is 319 g/mol. The molecule has 0 unspecified atom stereocenters. The van der Waals surface area contributed by atoms with E-state index in [1.165, 1.54) is 6.07 Å². The van der Waals surface area contributed by atoms with Crippen LogP contribution in [-0.4, -0.2) is 22.3 Å². The highest BCUT2D eigenvalue weighted by Gasteiger charge is 2.09. The number of benzene rings is 2. The summed E-state index contributed by atoms with van der Waals surface area (Å²) in [5, 5.41) is 10.2. The van der Waals surface area contributed by atoms with E-state index in [0.717, 1.165) is 11.3 Å². The second-order valence-corrected chi connectivity index (χ2v) is 5.20. The van der Waals surface area contributed by atoms with Gasteiger partial charge < -0.3 is 10.1 Å². The van der Waals surface area contributed by atoms with Gasteiger partial charge in [-0.1, -0.05) is 29.8 Å². The quantitative estimate of drug-likeness (QED) is 0.744. The molecule has 118 valence electrons. The van der Waals surface area contributed by atoms with Gasteiger partial charge in [-0.15, -0.1) is 5.10 Å². The van der Waals surface area contributed by atoms with Gasteiger partial charge in [-0.2, -0.15) is 4.98 Å². The molecule has 7 heteroatoms. The van der Waals surface area contributed by atoms with Crippen molar-refractivity contribution in [3.05, 3.63) is 58.9 Å².